The molecule has 2 unspecified atom stereocenters. The first kappa shape index (κ1) is 15.6. The van der Waals surface area contributed by atoms with Crippen molar-refractivity contribution < 1.29 is 9.84 Å². The molecule has 0 aromatic carbocycles. The van der Waals surface area contributed by atoms with E-state index in [0.717, 1.165) is 37.7 Å². The molecule has 0 radical (unpaired) electrons. The topological polar surface area (TPSA) is 48.0 Å². The molecule has 1 aliphatic rings. The minimum absolute atomic E-state index is 0.270. The van der Waals surface area contributed by atoms with Crippen LogP contribution in [0.2, 0.25) is 0 Å². The Bertz CT molecular complexity index is 264. The number of aliphatic hydroxyl groups is 1. The summed E-state index contributed by atoms with van der Waals surface area (Å²) in [5.41, 5.74) is 0. The van der Waals surface area contributed by atoms with E-state index in [-0.39, 0.29) is 6.10 Å². The monoisotopic (exact) mass is 275 g/mol. The predicted octanol–water partition coefficient (Wildman–Crippen LogP) is -0.106. The van der Waals surface area contributed by atoms with Crippen LogP contribution in [0.25, 0.3) is 0 Å². The third-order valence-electron chi connectivity index (χ3n) is 3.03. The molecule has 6 heteroatoms. The minimum atomic E-state index is -0.270. The largest absolute Gasteiger partial charge is 0.391 e. The average molecular weight is 275 g/mol. The van der Waals surface area contributed by atoms with Crippen molar-refractivity contribution in [3.63, 3.8) is 0 Å². The maximum absolute atomic E-state index is 9.77. The molecule has 1 fully saturated rings. The van der Waals surface area contributed by atoms with E-state index in [4.69, 9.17) is 17.0 Å². The van der Waals surface area contributed by atoms with Crippen molar-refractivity contribution in [3.8, 4) is 0 Å². The highest BCUT2D eigenvalue weighted by Crippen LogP contribution is 2.18. The molecule has 2 atom stereocenters. The van der Waals surface area contributed by atoms with Crippen LogP contribution in [-0.4, -0.2) is 79.6 Å². The first-order valence-corrected chi connectivity index (χ1v) is 6.81. The van der Waals surface area contributed by atoms with E-state index in [1.54, 1.807) is 7.11 Å². The predicted molar refractivity (Wildman–Crippen MR) is 76.8 cm³/mol. The van der Waals surface area contributed by atoms with Gasteiger partial charge in [0.15, 0.2) is 5.11 Å². The van der Waals surface area contributed by atoms with Gasteiger partial charge in [-0.1, -0.05) is 0 Å². The highest BCUT2D eigenvalue weighted by Gasteiger charge is 2.32. The molecule has 5 nitrogen and oxygen atoms in total. The highest BCUT2D eigenvalue weighted by atomic mass is 32.1. The quantitative estimate of drug-likeness (QED) is 0.521. The van der Waals surface area contributed by atoms with Gasteiger partial charge in [0.05, 0.1) is 6.10 Å². The van der Waals surface area contributed by atoms with Gasteiger partial charge in [-0.05, 0) is 39.2 Å². The Labute approximate surface area is 115 Å². The molecule has 2 N–H and O–H groups in total. The second kappa shape index (κ2) is 7.89. The molecule has 1 rings (SSSR count). The fourth-order valence-electron chi connectivity index (χ4n) is 2.25. The molecule has 1 saturated heterocycles. The molecular weight excluding hydrogens is 250 g/mol. The zero-order chi connectivity index (χ0) is 13.5. The number of rotatable bonds is 6. The summed E-state index contributed by atoms with van der Waals surface area (Å²) in [6, 6.07) is 0.303. The summed E-state index contributed by atoms with van der Waals surface area (Å²) in [5.74, 6) is 0. The van der Waals surface area contributed by atoms with Crippen LogP contribution in [0.15, 0.2) is 0 Å². The lowest BCUT2D eigenvalue weighted by molar-refractivity contribution is 0.187. The molecule has 1 aliphatic heterocycles. The van der Waals surface area contributed by atoms with Gasteiger partial charge in [0, 0.05) is 39.4 Å². The van der Waals surface area contributed by atoms with Crippen LogP contribution in [0.1, 0.15) is 12.8 Å². The Morgan fingerprint density at radius 2 is 2.28 bits per heavy atom. The van der Waals surface area contributed by atoms with Gasteiger partial charge in [0.1, 0.15) is 0 Å². The Morgan fingerprint density at radius 3 is 2.89 bits per heavy atom. The molecule has 1 heterocycles. The average Bonchev–Trinajstić information content (AvgIpc) is 2.64. The number of ether oxygens (including phenoxy) is 1. The Morgan fingerprint density at radius 1 is 1.56 bits per heavy atom. The first-order chi connectivity index (χ1) is 8.54. The zero-order valence-electron chi connectivity index (χ0n) is 11.6. The number of β-amino-alcohol motifs (C(OH)–C–C–N with tert-alkyl or cyclic N) is 1. The van der Waals surface area contributed by atoms with Gasteiger partial charge >= 0.3 is 0 Å². The second-order valence-corrected chi connectivity index (χ2v) is 5.42. The number of likely N-dealkylation sites (tertiary alicyclic amines) is 1. The van der Waals surface area contributed by atoms with Gasteiger partial charge in [-0.15, -0.1) is 0 Å². The third kappa shape index (κ3) is 5.06. The van der Waals surface area contributed by atoms with Gasteiger partial charge in [0.2, 0.25) is 0 Å². The van der Waals surface area contributed by atoms with Crippen LogP contribution >= 0.6 is 12.2 Å². The fourth-order valence-corrected chi connectivity index (χ4v) is 2.57. The number of thiocarbonyl (C=S) groups is 1. The summed E-state index contributed by atoms with van der Waals surface area (Å²) in [6.07, 6.45) is 1.46. The zero-order valence-corrected chi connectivity index (χ0v) is 12.4. The Kier molecular flexibility index (Phi) is 6.85. The number of hydrogen-bond donors (Lipinski definition) is 2. The number of likely N-dealkylation sites (N-methyl/N-ethyl adjacent to an activating group) is 1. The van der Waals surface area contributed by atoms with Gasteiger partial charge in [-0.25, -0.2) is 0 Å². The summed E-state index contributed by atoms with van der Waals surface area (Å²) < 4.78 is 5.00. The summed E-state index contributed by atoms with van der Waals surface area (Å²) in [7, 11) is 5.78. The summed E-state index contributed by atoms with van der Waals surface area (Å²) in [4.78, 5) is 4.23. The maximum atomic E-state index is 9.77. The van der Waals surface area contributed by atoms with E-state index in [0.29, 0.717) is 12.6 Å². The molecule has 0 saturated carbocycles. The number of nitrogens with zero attached hydrogens (tertiary/aromatic N) is 2. The van der Waals surface area contributed by atoms with Crippen LogP contribution in [0.3, 0.4) is 0 Å². The lowest BCUT2D eigenvalue weighted by atomic mass is 10.2. The smallest absolute Gasteiger partial charge is 0.169 e. The van der Waals surface area contributed by atoms with E-state index in [2.05, 4.69) is 15.1 Å². The molecule has 0 spiro atoms. The molecule has 0 aromatic rings. The molecule has 106 valence electrons. The van der Waals surface area contributed by atoms with Crippen molar-refractivity contribution in [2.75, 3.05) is 47.4 Å². The normalized spacial score (nSPS) is 23.7. The van der Waals surface area contributed by atoms with Crippen LogP contribution in [0.4, 0.5) is 0 Å². The molecule has 0 amide bonds. The van der Waals surface area contributed by atoms with Crippen molar-refractivity contribution in [2.45, 2.75) is 25.0 Å². The van der Waals surface area contributed by atoms with Gasteiger partial charge in [-0.2, -0.15) is 0 Å². The molecule has 18 heavy (non-hydrogen) atoms. The number of hydrogen-bond acceptors (Lipinski definition) is 4. The van der Waals surface area contributed by atoms with Crippen LogP contribution in [0.5, 0.6) is 0 Å². The van der Waals surface area contributed by atoms with E-state index < -0.39 is 0 Å². The van der Waals surface area contributed by atoms with Crippen molar-refractivity contribution in [3.05, 3.63) is 0 Å². The summed E-state index contributed by atoms with van der Waals surface area (Å²) in [6.45, 7) is 3.10. The van der Waals surface area contributed by atoms with Gasteiger partial charge < -0.3 is 25.0 Å². The van der Waals surface area contributed by atoms with Crippen molar-refractivity contribution in [1.82, 2.24) is 15.1 Å². The number of aliphatic hydroxyl groups excluding tert-OH is 1. The number of methoxy groups -OCH3 is 1. The second-order valence-electron chi connectivity index (χ2n) is 5.04. The minimum Gasteiger partial charge on any atom is -0.391 e. The molecule has 0 aromatic heterocycles. The van der Waals surface area contributed by atoms with E-state index in [1.165, 1.54) is 0 Å². The molecule has 0 aliphatic carbocycles. The Balaban J connectivity index is 2.38. The lowest BCUT2D eigenvalue weighted by Gasteiger charge is -2.29. The van der Waals surface area contributed by atoms with Crippen molar-refractivity contribution >= 4 is 17.3 Å². The van der Waals surface area contributed by atoms with Crippen LogP contribution in [0, 0.1) is 0 Å². The molecular formula is C12H25N3O2S. The Hall–Kier alpha value is -0.430. The van der Waals surface area contributed by atoms with E-state index >= 15 is 0 Å². The third-order valence-corrected chi connectivity index (χ3v) is 3.41. The fraction of sp³-hybridized carbons (Fsp3) is 0.917. The first-order valence-electron chi connectivity index (χ1n) is 6.40. The number of nitrogens with one attached hydrogen (secondary N) is 1. The lowest BCUT2D eigenvalue weighted by Crippen LogP contribution is -2.46. The summed E-state index contributed by atoms with van der Waals surface area (Å²) >= 11 is 5.39. The van der Waals surface area contributed by atoms with Crippen LogP contribution in [-0.2, 0) is 4.74 Å². The van der Waals surface area contributed by atoms with Gasteiger partial charge in [-0.3, -0.25) is 0 Å². The van der Waals surface area contributed by atoms with Crippen molar-refractivity contribution in [2.24, 2.45) is 0 Å². The summed E-state index contributed by atoms with van der Waals surface area (Å²) in [5, 5.41) is 13.7. The SMILES string of the molecule is COCCCNC(=S)N1CC(O)CC1CN(C)C. The standard InChI is InChI=1S/C12H25N3O2S/c1-14(2)8-10-7-11(16)9-15(10)12(18)13-5-4-6-17-3/h10-11,16H,4-9H2,1-3H3,(H,13,18). The van der Waals surface area contributed by atoms with Gasteiger partial charge in [0.25, 0.3) is 0 Å². The van der Waals surface area contributed by atoms with Crippen LogP contribution < -0.4 is 5.32 Å². The molecule has 0 bridgehead atoms. The van der Waals surface area contributed by atoms with E-state index in [1.807, 2.05) is 14.1 Å². The maximum Gasteiger partial charge on any atom is 0.169 e. The van der Waals surface area contributed by atoms with Crippen molar-refractivity contribution in [1.29, 1.82) is 0 Å². The highest BCUT2D eigenvalue weighted by molar-refractivity contribution is 7.80. The van der Waals surface area contributed by atoms with E-state index in [9.17, 15) is 5.11 Å².